The minimum absolute atomic E-state index is 0.562. The summed E-state index contributed by atoms with van der Waals surface area (Å²) in [5, 5.41) is 6.54. The molecular formula is C40H23N3O2. The van der Waals surface area contributed by atoms with E-state index in [1.54, 1.807) is 0 Å². The Morgan fingerprint density at radius 2 is 1.02 bits per heavy atom. The summed E-state index contributed by atoms with van der Waals surface area (Å²) >= 11 is 0. The van der Waals surface area contributed by atoms with E-state index in [2.05, 4.69) is 108 Å². The van der Waals surface area contributed by atoms with Crippen molar-refractivity contribution in [3.63, 3.8) is 0 Å². The molecule has 0 aliphatic carbocycles. The van der Waals surface area contributed by atoms with Gasteiger partial charge in [-0.15, -0.1) is 0 Å². The highest BCUT2D eigenvalue weighted by Crippen LogP contribution is 2.39. The van der Waals surface area contributed by atoms with E-state index in [-0.39, 0.29) is 0 Å². The van der Waals surface area contributed by atoms with Gasteiger partial charge in [-0.05, 0) is 60.7 Å². The molecule has 0 spiro atoms. The van der Waals surface area contributed by atoms with Crippen LogP contribution in [0.1, 0.15) is 0 Å². The van der Waals surface area contributed by atoms with E-state index in [0.717, 1.165) is 60.8 Å². The predicted molar refractivity (Wildman–Crippen MR) is 182 cm³/mol. The average molecular weight is 578 g/mol. The molecule has 10 aromatic rings. The molecule has 0 N–H and O–H groups in total. The van der Waals surface area contributed by atoms with Crippen molar-refractivity contribution in [2.24, 2.45) is 0 Å². The van der Waals surface area contributed by atoms with Crippen LogP contribution in [0.15, 0.2) is 148 Å². The van der Waals surface area contributed by atoms with Gasteiger partial charge in [-0.2, -0.15) is 4.98 Å². The number of nitrogens with zero attached hydrogens (tertiary/aromatic N) is 3. The second-order valence-electron chi connectivity index (χ2n) is 11.4. The molecule has 0 saturated carbocycles. The van der Waals surface area contributed by atoms with Crippen LogP contribution in [0.5, 0.6) is 0 Å². The number of hydrogen-bond acceptors (Lipinski definition) is 4. The highest BCUT2D eigenvalue weighted by molar-refractivity contribution is 6.12. The van der Waals surface area contributed by atoms with Gasteiger partial charge in [-0.3, -0.25) is 0 Å². The molecule has 4 aromatic heterocycles. The maximum atomic E-state index is 6.31. The number of furan rings is 2. The number of aromatic nitrogens is 3. The Hall–Kier alpha value is -6.20. The highest BCUT2D eigenvalue weighted by atomic mass is 16.3. The summed E-state index contributed by atoms with van der Waals surface area (Å²) in [6.07, 6.45) is 0. The first-order chi connectivity index (χ1) is 22.3. The minimum atomic E-state index is 0.562. The van der Waals surface area contributed by atoms with E-state index in [0.29, 0.717) is 11.5 Å². The lowest BCUT2D eigenvalue weighted by Gasteiger charge is -2.10. The fourth-order valence-corrected chi connectivity index (χ4v) is 6.79. The molecule has 0 amide bonds. The van der Waals surface area contributed by atoms with Crippen molar-refractivity contribution in [1.82, 2.24) is 14.5 Å². The molecule has 5 nitrogen and oxygen atoms in total. The first kappa shape index (κ1) is 24.3. The molecular weight excluding hydrogens is 554 g/mol. The lowest BCUT2D eigenvalue weighted by Crippen LogP contribution is -1.96. The number of benzene rings is 6. The fourth-order valence-electron chi connectivity index (χ4n) is 6.79. The van der Waals surface area contributed by atoms with Crippen molar-refractivity contribution in [2.75, 3.05) is 0 Å². The second kappa shape index (κ2) is 9.15. The first-order valence-electron chi connectivity index (χ1n) is 15.0. The minimum Gasteiger partial charge on any atom is -0.456 e. The van der Waals surface area contributed by atoms with Crippen molar-refractivity contribution in [3.8, 4) is 28.3 Å². The molecule has 0 bridgehead atoms. The number of hydrogen-bond donors (Lipinski definition) is 0. The van der Waals surface area contributed by atoms with Crippen LogP contribution < -0.4 is 0 Å². The Morgan fingerprint density at radius 1 is 0.444 bits per heavy atom. The molecule has 0 aliphatic heterocycles. The summed E-state index contributed by atoms with van der Waals surface area (Å²) < 4.78 is 14.9. The van der Waals surface area contributed by atoms with Gasteiger partial charge in [0.15, 0.2) is 5.82 Å². The molecule has 210 valence electrons. The smallest absolute Gasteiger partial charge is 0.231 e. The third-order valence-corrected chi connectivity index (χ3v) is 8.85. The van der Waals surface area contributed by atoms with Crippen LogP contribution in [0.3, 0.4) is 0 Å². The van der Waals surface area contributed by atoms with Gasteiger partial charge in [-0.25, -0.2) is 4.98 Å². The summed E-state index contributed by atoms with van der Waals surface area (Å²) in [6, 6.07) is 48.0. The van der Waals surface area contributed by atoms with Crippen molar-refractivity contribution in [1.29, 1.82) is 0 Å². The van der Waals surface area contributed by atoms with Crippen molar-refractivity contribution < 1.29 is 8.83 Å². The van der Waals surface area contributed by atoms with Crippen LogP contribution in [-0.4, -0.2) is 14.5 Å². The van der Waals surface area contributed by atoms with E-state index in [4.69, 9.17) is 18.8 Å². The van der Waals surface area contributed by atoms with E-state index in [1.807, 2.05) is 36.4 Å². The topological polar surface area (TPSA) is 57.0 Å². The molecule has 6 aromatic carbocycles. The lowest BCUT2D eigenvalue weighted by atomic mass is 10.0. The Balaban J connectivity index is 1.16. The molecule has 0 saturated heterocycles. The van der Waals surface area contributed by atoms with Crippen LogP contribution in [0.25, 0.3) is 94.1 Å². The van der Waals surface area contributed by atoms with Crippen LogP contribution in [-0.2, 0) is 0 Å². The third kappa shape index (κ3) is 3.55. The summed E-state index contributed by atoms with van der Waals surface area (Å²) in [5.41, 5.74) is 9.14. The molecule has 10 rings (SSSR count). The maximum Gasteiger partial charge on any atom is 0.231 e. The van der Waals surface area contributed by atoms with E-state index >= 15 is 0 Å². The lowest BCUT2D eigenvalue weighted by molar-refractivity contribution is 0.653. The highest BCUT2D eigenvalue weighted by Gasteiger charge is 2.20. The van der Waals surface area contributed by atoms with Crippen LogP contribution in [0.2, 0.25) is 0 Å². The monoisotopic (exact) mass is 577 g/mol. The zero-order valence-electron chi connectivity index (χ0n) is 23.9. The molecule has 5 heteroatoms. The molecule has 0 unspecified atom stereocenters. The van der Waals surface area contributed by atoms with Crippen LogP contribution in [0.4, 0.5) is 0 Å². The quantitative estimate of drug-likeness (QED) is 0.210. The van der Waals surface area contributed by atoms with E-state index in [9.17, 15) is 0 Å². The summed E-state index contributed by atoms with van der Waals surface area (Å²) in [7, 11) is 0. The van der Waals surface area contributed by atoms with Gasteiger partial charge in [-0.1, -0.05) is 78.9 Å². The Labute approximate surface area is 256 Å². The average Bonchev–Trinajstić information content (AvgIpc) is 3.77. The van der Waals surface area contributed by atoms with Gasteiger partial charge in [0.1, 0.15) is 16.7 Å². The molecule has 4 heterocycles. The number of para-hydroxylation sites is 4. The van der Waals surface area contributed by atoms with Crippen LogP contribution in [0, 0.1) is 0 Å². The molecule has 0 aliphatic rings. The normalized spacial score (nSPS) is 12.0. The SMILES string of the molecule is c1ccc2c(c1)oc1cc(-c3nc(-c4ccc(-n5c6ccccc6c6ccccc65)cc4)nc4oc5ccccc5c34)ccc12. The molecule has 0 fully saturated rings. The Morgan fingerprint density at radius 3 is 1.76 bits per heavy atom. The van der Waals surface area contributed by atoms with Gasteiger partial charge in [0.25, 0.3) is 0 Å². The summed E-state index contributed by atoms with van der Waals surface area (Å²) in [5.74, 6) is 0.607. The predicted octanol–water partition coefficient (Wildman–Crippen LogP) is 10.7. The maximum absolute atomic E-state index is 6.31. The third-order valence-electron chi connectivity index (χ3n) is 8.85. The van der Waals surface area contributed by atoms with E-state index < -0.39 is 0 Å². The molecule has 45 heavy (non-hydrogen) atoms. The van der Waals surface area contributed by atoms with E-state index in [1.165, 1.54) is 21.8 Å². The number of rotatable bonds is 3. The Kier molecular flexibility index (Phi) is 4.93. The molecule has 0 atom stereocenters. The van der Waals surface area contributed by atoms with Gasteiger partial charge in [0.2, 0.25) is 5.71 Å². The van der Waals surface area contributed by atoms with Crippen LogP contribution >= 0.6 is 0 Å². The fraction of sp³-hybridized carbons (Fsp3) is 0. The zero-order valence-corrected chi connectivity index (χ0v) is 23.9. The van der Waals surface area contributed by atoms with Gasteiger partial charge in [0, 0.05) is 43.7 Å². The standard InChI is InChI=1S/C40H23N3O2/c1-5-13-32-27(9-1)28-10-2-6-14-33(28)43(32)26-20-17-24(18-21-26)39-41-38(37-31-12-4-8-16-35(31)45-40(37)42-39)25-19-22-30-29-11-3-7-15-34(29)44-36(30)23-25/h1-23H. The van der Waals surface area contributed by atoms with Crippen molar-refractivity contribution in [2.45, 2.75) is 0 Å². The van der Waals surface area contributed by atoms with Gasteiger partial charge >= 0.3 is 0 Å². The first-order valence-corrected chi connectivity index (χ1v) is 15.0. The zero-order chi connectivity index (χ0) is 29.5. The largest absolute Gasteiger partial charge is 0.456 e. The van der Waals surface area contributed by atoms with Gasteiger partial charge in [0.05, 0.1) is 22.1 Å². The van der Waals surface area contributed by atoms with Crippen molar-refractivity contribution >= 4 is 65.8 Å². The molecule has 0 radical (unpaired) electrons. The summed E-state index contributed by atoms with van der Waals surface area (Å²) in [4.78, 5) is 10.1. The van der Waals surface area contributed by atoms with Gasteiger partial charge < -0.3 is 13.4 Å². The Bertz CT molecular complexity index is 2710. The van der Waals surface area contributed by atoms with Crippen molar-refractivity contribution in [3.05, 3.63) is 140 Å². The second-order valence-corrected chi connectivity index (χ2v) is 11.4. The number of fused-ring (bicyclic) bond motifs is 9. The summed E-state index contributed by atoms with van der Waals surface area (Å²) in [6.45, 7) is 0.